The maximum atomic E-state index is 4.61. The van der Waals surface area contributed by atoms with Crippen molar-refractivity contribution in [2.75, 3.05) is 38.1 Å². The minimum Gasteiger partial charge on any atom is -0.345 e. The average Bonchev–Trinajstić information content (AvgIpc) is 3.05. The molecule has 2 aliphatic rings. The number of rotatable bonds is 3. The van der Waals surface area contributed by atoms with Gasteiger partial charge in [0.2, 0.25) is 0 Å². The molecule has 2 aliphatic heterocycles. The number of anilines is 1. The molecule has 1 aromatic rings. The van der Waals surface area contributed by atoms with Gasteiger partial charge in [-0.2, -0.15) is 0 Å². The van der Waals surface area contributed by atoms with Crippen LogP contribution in [0.2, 0.25) is 0 Å². The van der Waals surface area contributed by atoms with Crippen LogP contribution in [0.1, 0.15) is 30.7 Å². The summed E-state index contributed by atoms with van der Waals surface area (Å²) < 4.78 is 0. The molecule has 1 N–H and O–H groups in total. The van der Waals surface area contributed by atoms with E-state index >= 15 is 0 Å². The van der Waals surface area contributed by atoms with Crippen molar-refractivity contribution in [3.05, 3.63) is 11.1 Å². The average molecular weight is 266 g/mol. The summed E-state index contributed by atoms with van der Waals surface area (Å²) in [7, 11) is 2.00. The summed E-state index contributed by atoms with van der Waals surface area (Å²) in [6, 6.07) is 1.18. The van der Waals surface area contributed by atoms with Crippen LogP contribution in [0.15, 0.2) is 6.20 Å². The fourth-order valence-corrected chi connectivity index (χ4v) is 3.94. The molecule has 3 rings (SSSR count). The zero-order valence-electron chi connectivity index (χ0n) is 11.2. The molecule has 0 amide bonds. The van der Waals surface area contributed by atoms with Crippen LogP contribution in [0.5, 0.6) is 0 Å². The van der Waals surface area contributed by atoms with Crippen LogP contribution in [-0.4, -0.2) is 49.2 Å². The summed E-state index contributed by atoms with van der Waals surface area (Å²) >= 11 is 1.84. The Bertz CT molecular complexity index is 405. The maximum Gasteiger partial charge on any atom is 0.185 e. The number of piperazine rings is 1. The van der Waals surface area contributed by atoms with E-state index in [-0.39, 0.29) is 0 Å². The molecular weight excluding hydrogens is 244 g/mol. The quantitative estimate of drug-likeness (QED) is 0.902. The van der Waals surface area contributed by atoms with Crippen molar-refractivity contribution in [2.24, 2.45) is 0 Å². The Labute approximate surface area is 113 Å². The number of nitrogens with one attached hydrogen (secondary N) is 1. The van der Waals surface area contributed by atoms with E-state index in [0.29, 0.717) is 6.04 Å². The van der Waals surface area contributed by atoms with E-state index in [1.807, 2.05) is 24.6 Å². The summed E-state index contributed by atoms with van der Waals surface area (Å²) in [5.74, 6) is 0. The molecule has 2 fully saturated rings. The molecule has 4 nitrogen and oxygen atoms in total. The minimum atomic E-state index is 0.406. The monoisotopic (exact) mass is 266 g/mol. The Morgan fingerprint density at radius 1 is 1.44 bits per heavy atom. The Morgan fingerprint density at radius 3 is 3.17 bits per heavy atom. The third-order valence-corrected chi connectivity index (χ3v) is 5.47. The van der Waals surface area contributed by atoms with Gasteiger partial charge >= 0.3 is 0 Å². The fourth-order valence-electron chi connectivity index (χ4n) is 2.93. The Balaban J connectivity index is 1.69. The van der Waals surface area contributed by atoms with E-state index < -0.39 is 0 Å². The van der Waals surface area contributed by atoms with Crippen LogP contribution in [0.3, 0.4) is 0 Å². The summed E-state index contributed by atoms with van der Waals surface area (Å²) in [6.07, 6.45) is 4.77. The Hall–Kier alpha value is -0.650. The van der Waals surface area contributed by atoms with Gasteiger partial charge in [0.05, 0.1) is 0 Å². The van der Waals surface area contributed by atoms with Crippen LogP contribution in [0.4, 0.5) is 5.13 Å². The largest absolute Gasteiger partial charge is 0.345 e. The molecule has 3 heterocycles. The molecule has 2 atom stereocenters. The number of thiazole rings is 1. The zero-order valence-corrected chi connectivity index (χ0v) is 12.0. The molecular formula is C13H22N4S. The summed E-state index contributed by atoms with van der Waals surface area (Å²) in [5, 5.41) is 4.49. The lowest BCUT2D eigenvalue weighted by Crippen LogP contribution is -2.50. The van der Waals surface area contributed by atoms with E-state index in [2.05, 4.69) is 27.0 Å². The van der Waals surface area contributed by atoms with Gasteiger partial charge in [0.1, 0.15) is 0 Å². The first kappa shape index (κ1) is 12.4. The highest BCUT2D eigenvalue weighted by molar-refractivity contribution is 7.15. The van der Waals surface area contributed by atoms with E-state index in [4.69, 9.17) is 0 Å². The van der Waals surface area contributed by atoms with Crippen LogP contribution in [0.25, 0.3) is 0 Å². The molecule has 0 aromatic carbocycles. The van der Waals surface area contributed by atoms with E-state index in [0.717, 1.165) is 12.6 Å². The Morgan fingerprint density at radius 2 is 2.33 bits per heavy atom. The molecule has 0 spiro atoms. The third kappa shape index (κ3) is 2.27. The molecule has 5 heteroatoms. The second-order valence-corrected chi connectivity index (χ2v) is 6.37. The first-order valence-corrected chi connectivity index (χ1v) is 7.71. The lowest BCUT2D eigenvalue weighted by atomic mass is 10.2. The first-order valence-electron chi connectivity index (χ1n) is 6.90. The number of hydrogen-bond acceptors (Lipinski definition) is 5. The predicted octanol–water partition coefficient (Wildman–Crippen LogP) is 1.71. The first-order chi connectivity index (χ1) is 8.78. The smallest absolute Gasteiger partial charge is 0.185 e. The number of aromatic nitrogens is 1. The normalized spacial score (nSPS) is 26.3. The molecule has 100 valence electrons. The van der Waals surface area contributed by atoms with Crippen molar-refractivity contribution in [3.63, 3.8) is 0 Å². The molecule has 0 radical (unpaired) electrons. The highest BCUT2D eigenvalue weighted by Crippen LogP contribution is 2.30. The predicted molar refractivity (Wildman–Crippen MR) is 76.4 cm³/mol. The molecule has 0 saturated carbocycles. The summed E-state index contributed by atoms with van der Waals surface area (Å²) in [5.41, 5.74) is 0. The lowest BCUT2D eigenvalue weighted by molar-refractivity contribution is 0.231. The van der Waals surface area contributed by atoms with Gasteiger partial charge in [-0.05, 0) is 33.4 Å². The zero-order chi connectivity index (χ0) is 12.5. The van der Waals surface area contributed by atoms with Gasteiger partial charge in [0, 0.05) is 42.8 Å². The van der Waals surface area contributed by atoms with Gasteiger partial charge in [0.15, 0.2) is 5.13 Å². The van der Waals surface area contributed by atoms with Gasteiger partial charge in [-0.25, -0.2) is 4.98 Å². The van der Waals surface area contributed by atoms with Gasteiger partial charge in [0.25, 0.3) is 0 Å². The molecule has 0 aliphatic carbocycles. The maximum absolute atomic E-state index is 4.61. The number of nitrogens with zero attached hydrogens (tertiary/aromatic N) is 3. The van der Waals surface area contributed by atoms with Gasteiger partial charge < -0.3 is 10.2 Å². The van der Waals surface area contributed by atoms with Crippen molar-refractivity contribution in [3.8, 4) is 0 Å². The molecule has 2 saturated heterocycles. The van der Waals surface area contributed by atoms with E-state index in [1.54, 1.807) is 0 Å². The van der Waals surface area contributed by atoms with Crippen molar-refractivity contribution < 1.29 is 0 Å². The minimum absolute atomic E-state index is 0.406. The highest BCUT2D eigenvalue weighted by atomic mass is 32.1. The van der Waals surface area contributed by atoms with Crippen LogP contribution in [0, 0.1) is 0 Å². The van der Waals surface area contributed by atoms with Crippen LogP contribution in [-0.2, 0) is 0 Å². The molecule has 18 heavy (non-hydrogen) atoms. The molecule has 0 bridgehead atoms. The van der Waals surface area contributed by atoms with Gasteiger partial charge in [-0.15, -0.1) is 11.3 Å². The van der Waals surface area contributed by atoms with Crippen molar-refractivity contribution in [2.45, 2.75) is 31.8 Å². The highest BCUT2D eigenvalue weighted by Gasteiger charge is 2.31. The number of hydrogen-bond donors (Lipinski definition) is 1. The van der Waals surface area contributed by atoms with E-state index in [1.165, 1.54) is 42.5 Å². The van der Waals surface area contributed by atoms with E-state index in [9.17, 15) is 0 Å². The van der Waals surface area contributed by atoms with Crippen molar-refractivity contribution >= 4 is 16.5 Å². The van der Waals surface area contributed by atoms with Gasteiger partial charge in [-0.1, -0.05) is 0 Å². The molecule has 2 unspecified atom stereocenters. The van der Waals surface area contributed by atoms with Crippen molar-refractivity contribution in [1.82, 2.24) is 15.2 Å². The van der Waals surface area contributed by atoms with Crippen LogP contribution < -0.4 is 10.2 Å². The topological polar surface area (TPSA) is 31.4 Å². The summed E-state index contributed by atoms with van der Waals surface area (Å²) in [6.45, 7) is 7.00. The lowest BCUT2D eigenvalue weighted by Gasteiger charge is -2.37. The SMILES string of the molecule is CNC(C)c1cnc(N2CCN3CCCC3C2)s1. The fraction of sp³-hybridized carbons (Fsp3) is 0.769. The second kappa shape index (κ2) is 5.15. The standard InChI is InChI=1S/C13H22N4S/c1-10(14-2)12-8-15-13(18-12)17-7-6-16-5-3-4-11(16)9-17/h8,10-11,14H,3-7,9H2,1-2H3. The van der Waals surface area contributed by atoms with Crippen LogP contribution >= 0.6 is 11.3 Å². The Kier molecular flexibility index (Phi) is 3.54. The van der Waals surface area contributed by atoms with Gasteiger partial charge in [-0.3, -0.25) is 4.90 Å². The number of fused-ring (bicyclic) bond motifs is 1. The third-order valence-electron chi connectivity index (χ3n) is 4.23. The van der Waals surface area contributed by atoms with Crippen molar-refractivity contribution in [1.29, 1.82) is 0 Å². The molecule has 1 aromatic heterocycles. The summed E-state index contributed by atoms with van der Waals surface area (Å²) in [4.78, 5) is 11.1. The second-order valence-electron chi connectivity index (χ2n) is 5.33.